The van der Waals surface area contributed by atoms with Crippen LogP contribution < -0.4 is 0 Å². The minimum Gasteiger partial charge on any atom is 0 e. The summed E-state index contributed by atoms with van der Waals surface area (Å²) >= 11 is 0. The van der Waals surface area contributed by atoms with Crippen molar-refractivity contribution in [2.45, 2.75) is 0 Å². The quantitative estimate of drug-likeness (QED) is 0.333. The molecule has 0 rings (SSSR count). The van der Waals surface area contributed by atoms with Gasteiger partial charge in [0, 0.05) is 92.2 Å². The molecule has 0 aliphatic heterocycles. The van der Waals surface area contributed by atoms with E-state index < -0.39 is 0 Å². The van der Waals surface area contributed by atoms with Crippen LogP contribution in [-0.4, -0.2) is 144 Å². The lowest BCUT2D eigenvalue weighted by Crippen LogP contribution is -0.382. The van der Waals surface area contributed by atoms with E-state index in [0.29, 0.717) is 0 Å². The van der Waals surface area contributed by atoms with Crippen LogP contribution in [0, 0.1) is 0 Å². The zero-order valence-electron chi connectivity index (χ0n) is 2.83. The zero-order chi connectivity index (χ0) is 0. The molecule has 8 radical (unpaired) electrons. The van der Waals surface area contributed by atoms with Gasteiger partial charge in [0.05, 0.1) is 0 Å². The predicted octanol–water partition coefficient (Wildman–Crippen LogP) is -5.07. The first-order chi connectivity index (χ1) is 0. The Morgan fingerprint density at radius 2 is 0.286 bits per heavy atom. The number of rotatable bonds is 0. The summed E-state index contributed by atoms with van der Waals surface area (Å²) in [4.78, 5) is 0. The Morgan fingerprint density at radius 1 is 0.286 bits per heavy atom. The Kier molecular flexibility index (Phi) is 399. The first-order valence-corrected chi connectivity index (χ1v) is 0. The maximum absolute atomic E-state index is 0. The predicted molar refractivity (Wildman–Crippen MR) is 52.8 cm³/mol. The number of hydrogen-bond donors (Lipinski definition) is 0. The van der Waals surface area contributed by atoms with Crippen LogP contribution in [0.2, 0.25) is 0 Å². The van der Waals surface area contributed by atoms with Gasteiger partial charge in [-0.1, -0.05) is 0 Å². The van der Waals surface area contributed by atoms with Gasteiger partial charge >= 0.3 is 0 Å². The van der Waals surface area contributed by atoms with E-state index in [0.717, 1.165) is 0 Å². The lowest BCUT2D eigenvalue weighted by atomic mass is 24.3. The van der Waals surface area contributed by atoms with Crippen LogP contribution in [0.1, 0.15) is 0 Å². The molecule has 0 unspecified atom stereocenters. The van der Waals surface area contributed by atoms with Gasteiger partial charge in [-0.3, -0.25) is 0 Å². The van der Waals surface area contributed by atoms with Crippen molar-refractivity contribution in [3.63, 3.8) is 0 Å². The molecule has 0 bridgehead atoms. The van der Waals surface area contributed by atoms with E-state index in [1.165, 1.54) is 0 Å². The Labute approximate surface area is 141 Å². The molecule has 0 aromatic carbocycles. The molecular formula is H9Al3Mg4. The first-order valence-electron chi connectivity index (χ1n) is 0. The smallest absolute Gasteiger partial charge is 0 e. The molecular weight excluding hydrogens is 178 g/mol. The third-order valence-electron chi connectivity index (χ3n) is 0. The molecule has 0 amide bonds. The van der Waals surface area contributed by atoms with Gasteiger partial charge in [-0.05, 0) is 0 Å². The van der Waals surface area contributed by atoms with E-state index in [2.05, 4.69) is 0 Å². The van der Waals surface area contributed by atoms with Crippen molar-refractivity contribution in [1.82, 2.24) is 0 Å². The van der Waals surface area contributed by atoms with E-state index in [1.54, 1.807) is 0 Å². The average molecular weight is 187 g/mol. The number of hydrogen-bond acceptors (Lipinski definition) is 0. The highest BCUT2D eigenvalue weighted by atomic mass is 27.0. The minimum atomic E-state index is 0. The second-order valence-corrected chi connectivity index (χ2v) is 0. The topological polar surface area (TPSA) is 0 Å². The summed E-state index contributed by atoms with van der Waals surface area (Å²) < 4.78 is 0. The van der Waals surface area contributed by atoms with Gasteiger partial charge in [-0.15, -0.1) is 0 Å². The largest absolute Gasteiger partial charge is 0.187 e. The van der Waals surface area contributed by atoms with Crippen molar-refractivity contribution in [3.05, 3.63) is 0 Å². The van der Waals surface area contributed by atoms with Crippen LogP contribution in [0.5, 0.6) is 0 Å². The molecule has 0 saturated carbocycles. The van der Waals surface area contributed by atoms with E-state index >= 15 is 0 Å². The van der Waals surface area contributed by atoms with Crippen molar-refractivity contribution in [2.75, 3.05) is 0 Å². The summed E-state index contributed by atoms with van der Waals surface area (Å²) in [5.74, 6) is 0. The normalized spacial score (nSPS) is 0. The second kappa shape index (κ2) is 45.8. The van der Waals surface area contributed by atoms with Gasteiger partial charge in [0.15, 0.2) is 52.1 Å². The fourth-order valence-electron chi connectivity index (χ4n) is 0. The van der Waals surface area contributed by atoms with Crippen LogP contribution in [-0.2, 0) is 0 Å². The third-order valence-corrected chi connectivity index (χ3v) is 0. The maximum Gasteiger partial charge on any atom is 0.187 e. The summed E-state index contributed by atoms with van der Waals surface area (Å²) in [5, 5.41) is 0. The van der Waals surface area contributed by atoms with Crippen LogP contribution >= 0.6 is 0 Å². The average Bonchev–Trinajstić information content (AvgIpc) is 0. The molecule has 7 heavy (non-hydrogen) atoms. The molecule has 0 aromatic rings. The van der Waals surface area contributed by atoms with Gasteiger partial charge < -0.3 is 0 Å². The second-order valence-electron chi connectivity index (χ2n) is 0. The molecule has 0 fully saturated rings. The van der Waals surface area contributed by atoms with Gasteiger partial charge in [0.2, 0.25) is 0 Å². The van der Waals surface area contributed by atoms with Gasteiger partial charge in [-0.25, -0.2) is 0 Å². The maximum atomic E-state index is 0. The van der Waals surface area contributed by atoms with Gasteiger partial charge in [0.25, 0.3) is 0 Å². The molecule has 0 aliphatic carbocycles. The lowest BCUT2D eigenvalue weighted by molar-refractivity contribution is 5.75. The Balaban J connectivity index is 0. The summed E-state index contributed by atoms with van der Waals surface area (Å²) in [6.07, 6.45) is 0. The van der Waals surface area contributed by atoms with Crippen molar-refractivity contribution in [2.24, 2.45) is 0 Å². The highest BCUT2D eigenvalue weighted by Crippen LogP contribution is -0.375. The van der Waals surface area contributed by atoms with Crippen molar-refractivity contribution in [3.8, 4) is 0 Å². The summed E-state index contributed by atoms with van der Waals surface area (Å²) in [6.45, 7) is 0. The Morgan fingerprint density at radius 3 is 0.286 bits per heavy atom. The highest BCUT2D eigenvalue weighted by molar-refractivity contribution is 5.76. The Hall–Kier alpha value is 4.66. The molecule has 0 atom stereocenters. The summed E-state index contributed by atoms with van der Waals surface area (Å²) in [6, 6.07) is 0. The van der Waals surface area contributed by atoms with Gasteiger partial charge in [-0.2, -0.15) is 0 Å². The standard InChI is InChI=1S/3Al.4Mg.9H. The van der Waals surface area contributed by atoms with E-state index in [1.807, 2.05) is 0 Å². The molecule has 0 spiro atoms. The van der Waals surface area contributed by atoms with E-state index in [9.17, 15) is 0 Å². The van der Waals surface area contributed by atoms with Crippen molar-refractivity contribution in [1.29, 1.82) is 0 Å². The fraction of sp³-hybridized carbons (Fsp3) is 0. The fourth-order valence-corrected chi connectivity index (χ4v) is 0. The minimum absolute atomic E-state index is 0. The highest BCUT2D eigenvalue weighted by Gasteiger charge is 0.189. The van der Waals surface area contributed by atoms with E-state index in [-0.39, 0.29) is 144 Å². The van der Waals surface area contributed by atoms with Crippen LogP contribution in [0.15, 0.2) is 0 Å². The lowest BCUT2D eigenvalue weighted by Gasteiger charge is -0.00100. The van der Waals surface area contributed by atoms with Crippen molar-refractivity contribution < 1.29 is 0 Å². The summed E-state index contributed by atoms with van der Waals surface area (Å²) in [5.41, 5.74) is 0. The van der Waals surface area contributed by atoms with Crippen molar-refractivity contribution >= 4 is 144 Å². The van der Waals surface area contributed by atoms with Crippen LogP contribution in [0.4, 0.5) is 0 Å². The van der Waals surface area contributed by atoms with Gasteiger partial charge in [0.1, 0.15) is 0 Å². The van der Waals surface area contributed by atoms with E-state index in [4.69, 9.17) is 0 Å². The Bertz CT molecular complexity index is 6.90. The van der Waals surface area contributed by atoms with Crippen LogP contribution in [0.25, 0.3) is 0 Å². The monoisotopic (exact) mass is 186 g/mol. The molecule has 26 valence electrons. The molecule has 7 heteroatoms. The van der Waals surface area contributed by atoms with Crippen LogP contribution in [0.3, 0.4) is 0 Å². The zero-order valence-corrected chi connectivity index (χ0v) is 8.49. The SMILES string of the molecule is [AlH3].[AlH3].[AlH3].[Mg].[Mg].[Mg].[Mg]. The molecule has 0 heterocycles. The molecule has 0 nitrogen and oxygen atoms in total. The summed E-state index contributed by atoms with van der Waals surface area (Å²) in [7, 11) is 0. The third kappa shape index (κ3) is 36.8. The molecule has 0 N–H and O–H groups in total. The molecule has 0 saturated heterocycles. The first kappa shape index (κ1) is 61.0. The molecule has 0 aromatic heterocycles. The molecule has 0 aliphatic rings.